The maximum Gasteiger partial charge on any atom is 0.339 e. The van der Waals surface area contributed by atoms with Crippen LogP contribution in [0.25, 0.3) is 11.3 Å². The lowest BCUT2D eigenvalue weighted by atomic mass is 10.2. The van der Waals surface area contributed by atoms with Crippen molar-refractivity contribution in [2.24, 2.45) is 5.73 Å². The van der Waals surface area contributed by atoms with Gasteiger partial charge in [0.25, 0.3) is 0 Å². The van der Waals surface area contributed by atoms with E-state index in [0.29, 0.717) is 10.7 Å². The minimum atomic E-state index is -0.639. The van der Waals surface area contributed by atoms with Crippen molar-refractivity contribution in [1.29, 1.82) is 0 Å². The van der Waals surface area contributed by atoms with E-state index in [1.807, 2.05) is 6.07 Å². The molecule has 0 saturated heterocycles. The molecule has 0 fully saturated rings. The Balaban J connectivity index is 2.41. The van der Waals surface area contributed by atoms with Crippen LogP contribution in [0, 0.1) is 6.07 Å². The van der Waals surface area contributed by atoms with Crippen LogP contribution in [0.1, 0.15) is 0 Å². The first-order chi connectivity index (χ1) is 7.16. The van der Waals surface area contributed by atoms with Crippen LogP contribution in [0.4, 0.5) is 4.79 Å². The van der Waals surface area contributed by atoms with Crippen LogP contribution in [0.15, 0.2) is 30.5 Å². The maximum atomic E-state index is 10.8. The lowest BCUT2D eigenvalue weighted by Crippen LogP contribution is -2.19. The highest BCUT2D eigenvalue weighted by molar-refractivity contribution is 6.30. The van der Waals surface area contributed by atoms with Gasteiger partial charge in [-0.1, -0.05) is 23.7 Å². The van der Waals surface area contributed by atoms with E-state index in [0.717, 1.165) is 10.2 Å². The highest BCUT2D eigenvalue weighted by atomic mass is 35.5. The molecule has 1 heterocycles. The van der Waals surface area contributed by atoms with Crippen molar-refractivity contribution in [3.8, 4) is 11.3 Å². The number of amides is 1. The lowest BCUT2D eigenvalue weighted by molar-refractivity contribution is 0.248. The van der Waals surface area contributed by atoms with Gasteiger partial charge < -0.3 is 5.73 Å². The van der Waals surface area contributed by atoms with E-state index in [9.17, 15) is 4.79 Å². The fourth-order valence-electron chi connectivity index (χ4n) is 1.18. The molecule has 2 aromatic rings. The molecule has 5 heteroatoms. The zero-order chi connectivity index (χ0) is 10.8. The van der Waals surface area contributed by atoms with Gasteiger partial charge >= 0.3 is 6.03 Å². The largest absolute Gasteiger partial charge is 0.350 e. The number of hydrogen-bond acceptors (Lipinski definition) is 2. The summed E-state index contributed by atoms with van der Waals surface area (Å²) in [5.41, 5.74) is 6.38. The quantitative estimate of drug-likeness (QED) is 0.798. The van der Waals surface area contributed by atoms with Gasteiger partial charge in [-0.25, -0.2) is 4.79 Å². The van der Waals surface area contributed by atoms with Crippen molar-refractivity contribution in [2.45, 2.75) is 0 Å². The summed E-state index contributed by atoms with van der Waals surface area (Å²) in [6.45, 7) is 0. The van der Waals surface area contributed by atoms with Crippen molar-refractivity contribution in [3.05, 3.63) is 41.6 Å². The Morgan fingerprint density at radius 1 is 1.53 bits per heavy atom. The van der Waals surface area contributed by atoms with Crippen LogP contribution in [0.2, 0.25) is 5.02 Å². The Labute approximate surface area is 91.3 Å². The molecule has 0 atom stereocenters. The van der Waals surface area contributed by atoms with Crippen LogP contribution < -0.4 is 5.73 Å². The molecule has 4 nitrogen and oxygen atoms in total. The molecule has 1 radical (unpaired) electrons. The summed E-state index contributed by atoms with van der Waals surface area (Å²) in [6.07, 6.45) is 1.39. The van der Waals surface area contributed by atoms with E-state index in [2.05, 4.69) is 11.2 Å². The van der Waals surface area contributed by atoms with E-state index in [4.69, 9.17) is 17.3 Å². The lowest BCUT2D eigenvalue weighted by Gasteiger charge is -1.96. The first-order valence-corrected chi connectivity index (χ1v) is 4.58. The maximum absolute atomic E-state index is 10.8. The summed E-state index contributed by atoms with van der Waals surface area (Å²) in [5.74, 6) is 0. The summed E-state index contributed by atoms with van der Waals surface area (Å²) in [5, 5.41) is 4.56. The molecule has 1 amide bonds. The second-order valence-corrected chi connectivity index (χ2v) is 3.35. The van der Waals surface area contributed by atoms with E-state index < -0.39 is 6.03 Å². The van der Waals surface area contributed by atoms with E-state index in [1.165, 1.54) is 6.20 Å². The summed E-state index contributed by atoms with van der Waals surface area (Å²) in [4.78, 5) is 10.8. The molecule has 2 rings (SSSR count). The number of primary amides is 1. The third-order valence-corrected chi connectivity index (χ3v) is 2.09. The number of aromatic nitrogens is 2. The Kier molecular flexibility index (Phi) is 2.43. The van der Waals surface area contributed by atoms with Crippen LogP contribution in [0.3, 0.4) is 0 Å². The molecule has 2 N–H and O–H groups in total. The first-order valence-electron chi connectivity index (χ1n) is 4.20. The Hall–Kier alpha value is -1.81. The zero-order valence-corrected chi connectivity index (χ0v) is 8.40. The average Bonchev–Trinajstić information content (AvgIpc) is 2.66. The van der Waals surface area contributed by atoms with Gasteiger partial charge in [-0.05, 0) is 12.1 Å². The van der Waals surface area contributed by atoms with Crippen molar-refractivity contribution in [2.75, 3.05) is 0 Å². The molecule has 0 aliphatic heterocycles. The molecule has 0 saturated carbocycles. The molecule has 0 bridgehead atoms. The molecule has 75 valence electrons. The molecule has 0 aliphatic rings. The SMILES string of the molecule is NC(=O)n1c[c]c(-c2cccc(Cl)c2)n1. The zero-order valence-electron chi connectivity index (χ0n) is 7.64. The first kappa shape index (κ1) is 9.73. The van der Waals surface area contributed by atoms with E-state index >= 15 is 0 Å². The smallest absolute Gasteiger partial charge is 0.339 e. The van der Waals surface area contributed by atoms with Crippen LogP contribution >= 0.6 is 11.6 Å². The topological polar surface area (TPSA) is 60.9 Å². The van der Waals surface area contributed by atoms with Gasteiger partial charge in [0, 0.05) is 22.8 Å². The van der Waals surface area contributed by atoms with E-state index in [-0.39, 0.29) is 0 Å². The molecule has 0 aliphatic carbocycles. The fraction of sp³-hybridized carbons (Fsp3) is 0. The minimum absolute atomic E-state index is 0.538. The van der Waals surface area contributed by atoms with Crippen LogP contribution in [0.5, 0.6) is 0 Å². The van der Waals surface area contributed by atoms with Gasteiger partial charge in [0.05, 0.1) is 0 Å². The van der Waals surface area contributed by atoms with Crippen molar-refractivity contribution >= 4 is 17.6 Å². The van der Waals surface area contributed by atoms with Gasteiger partial charge in [-0.15, -0.1) is 0 Å². The molecular weight excluding hydrogens is 214 g/mol. The monoisotopic (exact) mass is 220 g/mol. The number of halogens is 1. The van der Waals surface area contributed by atoms with Crippen molar-refractivity contribution < 1.29 is 4.79 Å². The number of nitrogens with zero attached hydrogens (tertiary/aromatic N) is 2. The molecule has 0 spiro atoms. The second-order valence-electron chi connectivity index (χ2n) is 2.92. The fourth-order valence-corrected chi connectivity index (χ4v) is 1.37. The Bertz CT molecular complexity index is 507. The van der Waals surface area contributed by atoms with Crippen molar-refractivity contribution in [1.82, 2.24) is 9.78 Å². The predicted octanol–water partition coefficient (Wildman–Crippen LogP) is 1.93. The van der Waals surface area contributed by atoms with Crippen molar-refractivity contribution in [3.63, 3.8) is 0 Å². The number of carbonyl (C=O) groups is 1. The average molecular weight is 221 g/mol. The van der Waals surface area contributed by atoms with E-state index in [1.54, 1.807) is 18.2 Å². The number of carbonyl (C=O) groups excluding carboxylic acids is 1. The molecular formula is C10H7ClN3O. The highest BCUT2D eigenvalue weighted by Gasteiger charge is 2.05. The summed E-state index contributed by atoms with van der Waals surface area (Å²) < 4.78 is 1.02. The summed E-state index contributed by atoms with van der Waals surface area (Å²) in [7, 11) is 0. The van der Waals surface area contributed by atoms with Gasteiger partial charge in [0.1, 0.15) is 5.69 Å². The van der Waals surface area contributed by atoms with Gasteiger partial charge in [-0.3, -0.25) is 0 Å². The minimum Gasteiger partial charge on any atom is -0.350 e. The second kappa shape index (κ2) is 3.74. The molecule has 15 heavy (non-hydrogen) atoms. The van der Waals surface area contributed by atoms with Crippen LogP contribution in [-0.4, -0.2) is 15.8 Å². The summed E-state index contributed by atoms with van der Waals surface area (Å²) in [6, 6.07) is 9.32. The number of rotatable bonds is 1. The van der Waals surface area contributed by atoms with Gasteiger partial charge in [0.15, 0.2) is 0 Å². The van der Waals surface area contributed by atoms with Gasteiger partial charge in [-0.2, -0.15) is 9.78 Å². The molecule has 1 aromatic heterocycles. The molecule has 1 aromatic carbocycles. The summed E-state index contributed by atoms with van der Waals surface area (Å²) >= 11 is 5.82. The predicted molar refractivity (Wildman–Crippen MR) is 56.5 cm³/mol. The molecule has 0 unspecified atom stereocenters. The number of nitrogens with two attached hydrogens (primary N) is 1. The third kappa shape index (κ3) is 1.99. The number of hydrogen-bond donors (Lipinski definition) is 1. The Morgan fingerprint density at radius 3 is 2.93 bits per heavy atom. The standard InChI is InChI=1S/C10H7ClN3O/c11-8-3-1-2-7(6-8)9-4-5-14(13-9)10(12)15/h1-3,5-6H,(H2,12,15). The highest BCUT2D eigenvalue weighted by Crippen LogP contribution is 2.20. The number of benzene rings is 1. The van der Waals surface area contributed by atoms with Gasteiger partial charge in [0.2, 0.25) is 0 Å². The Morgan fingerprint density at radius 2 is 2.33 bits per heavy atom. The normalized spacial score (nSPS) is 10.2. The van der Waals surface area contributed by atoms with Crippen LogP contribution in [-0.2, 0) is 0 Å². The third-order valence-electron chi connectivity index (χ3n) is 1.86.